The lowest BCUT2D eigenvalue weighted by molar-refractivity contribution is -0.116. The number of nitrogens with zero attached hydrogens (tertiary/aromatic N) is 3. The van der Waals surface area contributed by atoms with Crippen molar-refractivity contribution in [1.82, 2.24) is 20.0 Å². The largest absolute Gasteiger partial charge is 0.334 e. The minimum atomic E-state index is -0.260. The molecule has 0 unspecified atom stereocenters. The van der Waals surface area contributed by atoms with Crippen molar-refractivity contribution in [2.45, 2.75) is 59.4 Å². The topological polar surface area (TPSA) is 79.3 Å². The van der Waals surface area contributed by atoms with Gasteiger partial charge in [0.25, 0.3) is 0 Å². The predicted molar refractivity (Wildman–Crippen MR) is 141 cm³/mol. The van der Waals surface area contributed by atoms with Crippen molar-refractivity contribution in [3.05, 3.63) is 77.5 Å². The Hall–Kier alpha value is -3.61. The van der Waals surface area contributed by atoms with Crippen LogP contribution in [0.4, 0.5) is 10.6 Å². The molecule has 0 saturated heterocycles. The van der Waals surface area contributed by atoms with Gasteiger partial charge in [0.05, 0.1) is 11.4 Å². The Morgan fingerprint density at radius 2 is 1.71 bits per heavy atom. The standard InChI is InChI=1S/C28H37N5O2/c1-6-7-17-32(27(35)29-19-22-11-9-8-10-12-22)20-26(34)30-25-18-24(28(3,4)5)31-33(25)23-15-13-21(2)14-16-23/h8-16,18H,6-7,17,19-20H2,1-5H3,(H,29,35)(H,30,34). The van der Waals surface area contributed by atoms with E-state index in [0.29, 0.717) is 18.9 Å². The quantitative estimate of drug-likeness (QED) is 0.433. The van der Waals surface area contributed by atoms with Gasteiger partial charge >= 0.3 is 6.03 Å². The SMILES string of the molecule is CCCCN(CC(=O)Nc1cc(C(C)(C)C)nn1-c1ccc(C)cc1)C(=O)NCc1ccccc1. The van der Waals surface area contributed by atoms with Crippen molar-refractivity contribution >= 4 is 17.8 Å². The Balaban J connectivity index is 1.75. The molecule has 0 fully saturated rings. The summed E-state index contributed by atoms with van der Waals surface area (Å²) >= 11 is 0. The van der Waals surface area contributed by atoms with Gasteiger partial charge in [0, 0.05) is 24.6 Å². The molecule has 0 bridgehead atoms. The van der Waals surface area contributed by atoms with Crippen LogP contribution in [0.25, 0.3) is 5.69 Å². The molecule has 0 saturated carbocycles. The van der Waals surface area contributed by atoms with Crippen LogP contribution in [0, 0.1) is 6.92 Å². The van der Waals surface area contributed by atoms with E-state index in [2.05, 4.69) is 38.3 Å². The molecule has 0 radical (unpaired) electrons. The van der Waals surface area contributed by atoms with Gasteiger partial charge in [-0.2, -0.15) is 5.10 Å². The molecule has 7 heteroatoms. The summed E-state index contributed by atoms with van der Waals surface area (Å²) < 4.78 is 1.75. The molecule has 1 aromatic heterocycles. The normalized spacial score (nSPS) is 11.2. The lowest BCUT2D eigenvalue weighted by atomic mass is 9.92. The van der Waals surface area contributed by atoms with Crippen LogP contribution in [-0.2, 0) is 16.8 Å². The summed E-state index contributed by atoms with van der Waals surface area (Å²) in [7, 11) is 0. The summed E-state index contributed by atoms with van der Waals surface area (Å²) in [6, 6.07) is 19.4. The van der Waals surface area contributed by atoms with Crippen LogP contribution >= 0.6 is 0 Å². The van der Waals surface area contributed by atoms with Gasteiger partial charge in [0.1, 0.15) is 12.4 Å². The Kier molecular flexibility index (Phi) is 8.68. The highest BCUT2D eigenvalue weighted by molar-refractivity contribution is 5.94. The number of carbonyl (C=O) groups is 2. The monoisotopic (exact) mass is 475 g/mol. The maximum atomic E-state index is 13.1. The first kappa shape index (κ1) is 26.0. The molecule has 0 aliphatic carbocycles. The van der Waals surface area contributed by atoms with Crippen molar-refractivity contribution < 1.29 is 9.59 Å². The lowest BCUT2D eigenvalue weighted by Crippen LogP contribution is -2.44. The van der Waals surface area contributed by atoms with Crippen LogP contribution in [0.3, 0.4) is 0 Å². The van der Waals surface area contributed by atoms with Crippen LogP contribution in [-0.4, -0.2) is 39.7 Å². The molecule has 3 aromatic rings. The predicted octanol–water partition coefficient (Wildman–Crippen LogP) is 5.43. The first-order chi connectivity index (χ1) is 16.7. The maximum absolute atomic E-state index is 13.1. The van der Waals surface area contributed by atoms with E-state index in [9.17, 15) is 9.59 Å². The minimum Gasteiger partial charge on any atom is -0.334 e. The zero-order valence-electron chi connectivity index (χ0n) is 21.5. The first-order valence-electron chi connectivity index (χ1n) is 12.2. The molecule has 3 amide bonds. The smallest absolute Gasteiger partial charge is 0.318 e. The number of unbranched alkanes of at least 4 members (excludes halogenated alkanes) is 1. The zero-order chi connectivity index (χ0) is 25.4. The molecular weight excluding hydrogens is 438 g/mol. The second-order valence-corrected chi connectivity index (χ2v) is 9.88. The van der Waals surface area contributed by atoms with Gasteiger partial charge in [-0.05, 0) is 31.0 Å². The third kappa shape index (κ3) is 7.44. The fourth-order valence-electron chi connectivity index (χ4n) is 3.56. The van der Waals surface area contributed by atoms with E-state index in [1.54, 1.807) is 9.58 Å². The second-order valence-electron chi connectivity index (χ2n) is 9.88. The molecule has 3 rings (SSSR count). The van der Waals surface area contributed by atoms with Crippen molar-refractivity contribution in [2.75, 3.05) is 18.4 Å². The summed E-state index contributed by atoms with van der Waals surface area (Å²) in [5.74, 6) is 0.327. The number of rotatable bonds is 9. The summed E-state index contributed by atoms with van der Waals surface area (Å²) in [4.78, 5) is 27.5. The van der Waals surface area contributed by atoms with Crippen LogP contribution < -0.4 is 10.6 Å². The molecule has 35 heavy (non-hydrogen) atoms. The summed E-state index contributed by atoms with van der Waals surface area (Å²) in [6.45, 7) is 11.2. The Bertz CT molecular complexity index is 1110. The van der Waals surface area contributed by atoms with E-state index >= 15 is 0 Å². The van der Waals surface area contributed by atoms with Crippen molar-refractivity contribution in [3.63, 3.8) is 0 Å². The number of carbonyl (C=O) groups excluding carboxylic acids is 2. The number of hydrogen-bond donors (Lipinski definition) is 2. The molecule has 2 N–H and O–H groups in total. The van der Waals surface area contributed by atoms with Gasteiger partial charge in [-0.25, -0.2) is 9.48 Å². The molecule has 0 spiro atoms. The molecule has 1 heterocycles. The molecular formula is C28H37N5O2. The number of nitrogens with one attached hydrogen (secondary N) is 2. The van der Waals surface area contributed by atoms with Gasteiger partial charge in [0.2, 0.25) is 5.91 Å². The third-order valence-electron chi connectivity index (χ3n) is 5.71. The van der Waals surface area contributed by atoms with Gasteiger partial charge in [0.15, 0.2) is 0 Å². The number of hydrogen-bond acceptors (Lipinski definition) is 3. The fraction of sp³-hybridized carbons (Fsp3) is 0.393. The Morgan fingerprint density at radius 3 is 2.34 bits per heavy atom. The summed E-state index contributed by atoms with van der Waals surface area (Å²) in [5.41, 5.74) is 3.72. The van der Waals surface area contributed by atoms with Gasteiger partial charge in [-0.1, -0.05) is 82.1 Å². The molecule has 0 aliphatic heterocycles. The van der Waals surface area contributed by atoms with Crippen molar-refractivity contribution in [3.8, 4) is 5.69 Å². The zero-order valence-corrected chi connectivity index (χ0v) is 21.5. The number of urea groups is 1. The Morgan fingerprint density at radius 1 is 1.03 bits per heavy atom. The van der Waals surface area contributed by atoms with Gasteiger partial charge in [-0.3, -0.25) is 4.79 Å². The van der Waals surface area contributed by atoms with Crippen LogP contribution in [0.15, 0.2) is 60.7 Å². The van der Waals surface area contributed by atoms with E-state index in [1.807, 2.05) is 67.6 Å². The maximum Gasteiger partial charge on any atom is 0.318 e. The molecule has 0 aliphatic rings. The average molecular weight is 476 g/mol. The third-order valence-corrected chi connectivity index (χ3v) is 5.71. The Labute approximate surface area is 208 Å². The fourth-order valence-corrected chi connectivity index (χ4v) is 3.56. The van der Waals surface area contributed by atoms with Crippen molar-refractivity contribution in [1.29, 1.82) is 0 Å². The van der Waals surface area contributed by atoms with Crippen molar-refractivity contribution in [2.24, 2.45) is 0 Å². The highest BCUT2D eigenvalue weighted by atomic mass is 16.2. The van der Waals surface area contributed by atoms with Gasteiger partial charge in [-0.15, -0.1) is 0 Å². The number of benzene rings is 2. The van der Waals surface area contributed by atoms with E-state index in [1.165, 1.54) is 0 Å². The lowest BCUT2D eigenvalue weighted by Gasteiger charge is -2.22. The number of aromatic nitrogens is 2. The van der Waals surface area contributed by atoms with Crippen LogP contribution in [0.1, 0.15) is 57.4 Å². The van der Waals surface area contributed by atoms with Crippen LogP contribution in [0.2, 0.25) is 0 Å². The second kappa shape index (κ2) is 11.7. The van der Waals surface area contributed by atoms with Gasteiger partial charge < -0.3 is 15.5 Å². The number of aryl methyl sites for hydroxylation is 1. The molecule has 186 valence electrons. The first-order valence-corrected chi connectivity index (χ1v) is 12.2. The number of amides is 3. The number of anilines is 1. The van der Waals surface area contributed by atoms with E-state index in [0.717, 1.165) is 35.3 Å². The molecule has 7 nitrogen and oxygen atoms in total. The minimum absolute atomic E-state index is 0.0372. The molecule has 2 aromatic carbocycles. The van der Waals surface area contributed by atoms with E-state index in [-0.39, 0.29) is 23.9 Å². The van der Waals surface area contributed by atoms with Crippen LogP contribution in [0.5, 0.6) is 0 Å². The summed E-state index contributed by atoms with van der Waals surface area (Å²) in [6.07, 6.45) is 1.75. The summed E-state index contributed by atoms with van der Waals surface area (Å²) in [5, 5.41) is 10.7. The highest BCUT2D eigenvalue weighted by Crippen LogP contribution is 2.26. The highest BCUT2D eigenvalue weighted by Gasteiger charge is 2.23. The van der Waals surface area contributed by atoms with E-state index in [4.69, 9.17) is 5.10 Å². The van der Waals surface area contributed by atoms with E-state index < -0.39 is 0 Å². The molecule has 0 atom stereocenters. The average Bonchev–Trinajstić information content (AvgIpc) is 3.25.